The molecule has 1 aliphatic carbocycles. The lowest BCUT2D eigenvalue weighted by molar-refractivity contribution is -0.246. The SMILES string of the molecule is CN(C)C(=O)CCn1cc(-c2cccc3c2-c2ccccc2C3(O)C(F)(F)F)cn1. The van der Waals surface area contributed by atoms with Crippen molar-refractivity contribution in [2.45, 2.75) is 24.7 Å². The predicted octanol–water partition coefficient (Wildman–Crippen LogP) is 3.81. The Morgan fingerprint density at radius 2 is 1.77 bits per heavy atom. The summed E-state index contributed by atoms with van der Waals surface area (Å²) in [5.41, 5.74) is -1.58. The third-order valence-electron chi connectivity index (χ3n) is 5.45. The second-order valence-corrected chi connectivity index (χ2v) is 7.51. The van der Waals surface area contributed by atoms with E-state index in [4.69, 9.17) is 0 Å². The lowest BCUT2D eigenvalue weighted by atomic mass is 9.89. The third kappa shape index (κ3) is 2.99. The van der Waals surface area contributed by atoms with Gasteiger partial charge in [-0.1, -0.05) is 42.5 Å². The molecule has 30 heavy (non-hydrogen) atoms. The van der Waals surface area contributed by atoms with Crippen molar-refractivity contribution in [2.75, 3.05) is 14.1 Å². The number of aliphatic hydroxyl groups is 1. The average Bonchev–Trinajstić information content (AvgIpc) is 3.28. The van der Waals surface area contributed by atoms with Gasteiger partial charge < -0.3 is 10.0 Å². The van der Waals surface area contributed by atoms with Crippen molar-refractivity contribution < 1.29 is 23.1 Å². The van der Waals surface area contributed by atoms with Gasteiger partial charge in [-0.3, -0.25) is 9.48 Å². The van der Waals surface area contributed by atoms with E-state index < -0.39 is 11.8 Å². The highest BCUT2D eigenvalue weighted by atomic mass is 19.4. The van der Waals surface area contributed by atoms with Gasteiger partial charge in [0, 0.05) is 49.9 Å². The van der Waals surface area contributed by atoms with Crippen molar-refractivity contribution in [3.05, 3.63) is 66.0 Å². The Balaban J connectivity index is 1.80. The van der Waals surface area contributed by atoms with Gasteiger partial charge in [0.25, 0.3) is 0 Å². The molecule has 0 fully saturated rings. The second-order valence-electron chi connectivity index (χ2n) is 7.51. The zero-order valence-corrected chi connectivity index (χ0v) is 16.4. The van der Waals surface area contributed by atoms with E-state index in [2.05, 4.69) is 5.10 Å². The van der Waals surface area contributed by atoms with Crippen molar-refractivity contribution in [3.63, 3.8) is 0 Å². The minimum Gasteiger partial charge on any atom is -0.372 e. The first-order chi connectivity index (χ1) is 14.1. The van der Waals surface area contributed by atoms with Crippen LogP contribution in [-0.4, -0.2) is 46.0 Å². The van der Waals surface area contributed by atoms with E-state index in [0.717, 1.165) is 0 Å². The first-order valence-corrected chi connectivity index (χ1v) is 9.40. The van der Waals surface area contributed by atoms with E-state index in [1.807, 2.05) is 0 Å². The van der Waals surface area contributed by atoms with Gasteiger partial charge in [0.15, 0.2) is 0 Å². The van der Waals surface area contributed by atoms with Gasteiger partial charge in [-0.2, -0.15) is 18.3 Å². The van der Waals surface area contributed by atoms with Crippen LogP contribution in [0.3, 0.4) is 0 Å². The Morgan fingerprint density at radius 1 is 1.10 bits per heavy atom. The molecule has 4 rings (SSSR count). The zero-order valence-electron chi connectivity index (χ0n) is 16.4. The maximum absolute atomic E-state index is 14.0. The van der Waals surface area contributed by atoms with Crippen LogP contribution in [0.4, 0.5) is 13.2 Å². The smallest absolute Gasteiger partial charge is 0.372 e. The number of fused-ring (bicyclic) bond motifs is 3. The summed E-state index contributed by atoms with van der Waals surface area (Å²) in [6.45, 7) is 0.356. The summed E-state index contributed by atoms with van der Waals surface area (Å²) in [6.07, 6.45) is -1.35. The first kappa shape index (κ1) is 20.2. The fraction of sp³-hybridized carbons (Fsp3) is 0.273. The molecule has 0 saturated carbocycles. The molecule has 0 spiro atoms. The fourth-order valence-electron chi connectivity index (χ4n) is 3.91. The highest BCUT2D eigenvalue weighted by molar-refractivity contribution is 5.92. The van der Waals surface area contributed by atoms with E-state index in [1.165, 1.54) is 29.2 Å². The van der Waals surface area contributed by atoms with Gasteiger partial charge in [0.1, 0.15) is 0 Å². The molecule has 2 aromatic carbocycles. The Hall–Kier alpha value is -3.13. The summed E-state index contributed by atoms with van der Waals surface area (Å²) in [4.78, 5) is 13.3. The van der Waals surface area contributed by atoms with Crippen molar-refractivity contribution >= 4 is 5.91 Å². The van der Waals surface area contributed by atoms with Crippen LogP contribution in [0.25, 0.3) is 22.3 Å². The normalized spacial score (nSPS) is 17.5. The molecule has 1 aliphatic rings. The molecule has 0 radical (unpaired) electrons. The maximum Gasteiger partial charge on any atom is 0.425 e. The first-order valence-electron chi connectivity index (χ1n) is 9.40. The standard InChI is InChI=1S/C22H20F3N3O2/c1-27(2)19(29)10-11-28-13-14(12-26-28)15-7-5-9-18-20(15)16-6-3-4-8-17(16)21(18,30)22(23,24)25/h3-9,12-13,30H,10-11H2,1-2H3. The summed E-state index contributed by atoms with van der Waals surface area (Å²) < 4.78 is 43.5. The van der Waals surface area contributed by atoms with Crippen LogP contribution in [0.1, 0.15) is 17.5 Å². The van der Waals surface area contributed by atoms with Crippen LogP contribution >= 0.6 is 0 Å². The minimum atomic E-state index is -4.87. The number of benzene rings is 2. The summed E-state index contributed by atoms with van der Waals surface area (Å²) in [5.74, 6) is -0.0446. The highest BCUT2D eigenvalue weighted by Gasteiger charge is 2.61. The number of amides is 1. The molecule has 3 aromatic rings. The van der Waals surface area contributed by atoms with Crippen LogP contribution in [0, 0.1) is 0 Å². The summed E-state index contributed by atoms with van der Waals surface area (Å²) in [7, 11) is 3.34. The molecule has 1 heterocycles. The van der Waals surface area contributed by atoms with Gasteiger partial charge in [0.05, 0.1) is 6.20 Å². The molecule has 1 aromatic heterocycles. The number of halogens is 3. The molecule has 8 heteroatoms. The number of carbonyl (C=O) groups excluding carboxylic acids is 1. The van der Waals surface area contributed by atoms with Crippen molar-refractivity contribution in [3.8, 4) is 22.3 Å². The predicted molar refractivity (Wildman–Crippen MR) is 105 cm³/mol. The Labute approximate surface area is 171 Å². The van der Waals surface area contributed by atoms with Crippen LogP contribution in [0.5, 0.6) is 0 Å². The fourth-order valence-corrected chi connectivity index (χ4v) is 3.91. The number of aromatic nitrogens is 2. The lowest BCUT2D eigenvalue weighted by Crippen LogP contribution is -2.41. The minimum absolute atomic E-state index is 0.0446. The number of alkyl halides is 3. The maximum atomic E-state index is 14.0. The molecular formula is C22H20F3N3O2. The monoisotopic (exact) mass is 415 g/mol. The molecule has 1 atom stereocenters. The highest BCUT2D eigenvalue weighted by Crippen LogP contribution is 2.56. The van der Waals surface area contributed by atoms with E-state index in [-0.39, 0.29) is 23.5 Å². The number of nitrogens with zero attached hydrogens (tertiary/aromatic N) is 3. The summed E-state index contributed by atoms with van der Waals surface area (Å²) in [5, 5.41) is 15.1. The Morgan fingerprint density at radius 3 is 2.47 bits per heavy atom. The Bertz CT molecular complexity index is 1120. The van der Waals surface area contributed by atoms with Crippen molar-refractivity contribution in [1.82, 2.24) is 14.7 Å². The molecule has 156 valence electrons. The van der Waals surface area contributed by atoms with Crippen LogP contribution < -0.4 is 0 Å². The number of hydrogen-bond donors (Lipinski definition) is 1. The number of carbonyl (C=O) groups is 1. The number of rotatable bonds is 4. The molecule has 0 saturated heterocycles. The van der Waals surface area contributed by atoms with Gasteiger partial charge in [-0.05, 0) is 16.7 Å². The van der Waals surface area contributed by atoms with Gasteiger partial charge in [-0.25, -0.2) is 0 Å². The largest absolute Gasteiger partial charge is 0.425 e. The van der Waals surface area contributed by atoms with Crippen LogP contribution in [0.2, 0.25) is 0 Å². The molecule has 1 amide bonds. The summed E-state index contributed by atoms with van der Waals surface area (Å²) >= 11 is 0. The second kappa shape index (κ2) is 6.98. The Kier molecular flexibility index (Phi) is 4.69. The van der Waals surface area contributed by atoms with Crippen molar-refractivity contribution in [2.24, 2.45) is 0 Å². The van der Waals surface area contributed by atoms with E-state index >= 15 is 0 Å². The third-order valence-corrected chi connectivity index (χ3v) is 5.45. The van der Waals surface area contributed by atoms with Crippen LogP contribution in [0.15, 0.2) is 54.9 Å². The van der Waals surface area contributed by atoms with Gasteiger partial charge in [-0.15, -0.1) is 0 Å². The number of hydrogen-bond acceptors (Lipinski definition) is 3. The quantitative estimate of drug-likeness (QED) is 0.705. The molecule has 5 nitrogen and oxygen atoms in total. The van der Waals surface area contributed by atoms with E-state index in [1.54, 1.807) is 49.4 Å². The zero-order chi connectivity index (χ0) is 21.7. The number of aryl methyl sites for hydroxylation is 1. The molecule has 1 unspecified atom stereocenters. The van der Waals surface area contributed by atoms with Crippen molar-refractivity contribution in [1.29, 1.82) is 0 Å². The lowest BCUT2D eigenvalue weighted by Gasteiger charge is -2.28. The topological polar surface area (TPSA) is 58.4 Å². The van der Waals surface area contributed by atoms with E-state index in [0.29, 0.717) is 28.8 Å². The summed E-state index contributed by atoms with van der Waals surface area (Å²) in [6, 6.07) is 10.6. The van der Waals surface area contributed by atoms with Gasteiger partial charge >= 0.3 is 6.18 Å². The van der Waals surface area contributed by atoms with E-state index in [9.17, 15) is 23.1 Å². The molecular weight excluding hydrogens is 395 g/mol. The van der Waals surface area contributed by atoms with Gasteiger partial charge in [0.2, 0.25) is 11.5 Å². The van der Waals surface area contributed by atoms with Crippen LogP contribution in [-0.2, 0) is 16.9 Å². The molecule has 1 N–H and O–H groups in total. The average molecular weight is 415 g/mol. The molecule has 0 bridgehead atoms. The molecule has 0 aliphatic heterocycles.